The van der Waals surface area contributed by atoms with E-state index < -0.39 is 17.2 Å². The molecule has 2 fully saturated rings. The number of hydrogen-bond donors (Lipinski definition) is 1. The molecule has 43 heavy (non-hydrogen) atoms. The number of halogens is 4. The van der Waals surface area contributed by atoms with Crippen LogP contribution < -0.4 is 15.0 Å². The van der Waals surface area contributed by atoms with Crippen LogP contribution in [-0.4, -0.2) is 66.1 Å². The van der Waals surface area contributed by atoms with Crippen LogP contribution in [0.1, 0.15) is 54.7 Å². The van der Waals surface area contributed by atoms with Gasteiger partial charge < -0.3 is 19.9 Å². The van der Waals surface area contributed by atoms with Crippen LogP contribution in [0.3, 0.4) is 0 Å². The third-order valence-electron chi connectivity index (χ3n) is 9.31. The van der Waals surface area contributed by atoms with Gasteiger partial charge in [-0.25, -0.2) is 9.97 Å². The minimum absolute atomic E-state index is 0.0284. The Morgan fingerprint density at radius 1 is 1.16 bits per heavy atom. The molecule has 228 valence electrons. The van der Waals surface area contributed by atoms with Crippen molar-refractivity contribution in [3.05, 3.63) is 70.5 Å². The van der Waals surface area contributed by atoms with E-state index in [1.54, 1.807) is 12.3 Å². The monoisotopic (exact) mass is 613 g/mol. The van der Waals surface area contributed by atoms with Crippen LogP contribution >= 0.6 is 11.6 Å². The van der Waals surface area contributed by atoms with Gasteiger partial charge in [-0.15, -0.1) is 0 Å². The average Bonchev–Trinajstić information content (AvgIpc) is 3.54. The summed E-state index contributed by atoms with van der Waals surface area (Å²) in [6.45, 7) is 7.24. The van der Waals surface area contributed by atoms with Gasteiger partial charge in [-0.05, 0) is 68.1 Å². The summed E-state index contributed by atoms with van der Waals surface area (Å²) in [6, 6.07) is 12.0. The average molecular weight is 614 g/mol. The van der Waals surface area contributed by atoms with Gasteiger partial charge in [0.25, 0.3) is 5.91 Å². The molecule has 1 aromatic carbocycles. The van der Waals surface area contributed by atoms with Crippen molar-refractivity contribution in [2.45, 2.75) is 50.7 Å². The lowest BCUT2D eigenvalue weighted by Gasteiger charge is -2.54. The molecule has 7 nitrogen and oxygen atoms in total. The summed E-state index contributed by atoms with van der Waals surface area (Å²) in [5, 5.41) is 3.08. The van der Waals surface area contributed by atoms with E-state index in [0.717, 1.165) is 24.9 Å². The molecule has 0 saturated carbocycles. The summed E-state index contributed by atoms with van der Waals surface area (Å²) in [6.07, 6.45) is -0.778. The van der Waals surface area contributed by atoms with Crippen LogP contribution in [0.25, 0.3) is 11.3 Å². The molecular weight excluding hydrogens is 579 g/mol. The van der Waals surface area contributed by atoms with Crippen molar-refractivity contribution in [3.63, 3.8) is 0 Å². The second kappa shape index (κ2) is 11.6. The van der Waals surface area contributed by atoms with Crippen LogP contribution in [-0.2, 0) is 11.6 Å². The van der Waals surface area contributed by atoms with E-state index in [1.165, 1.54) is 12.1 Å². The number of nitrogens with zero attached hydrogens (tertiary/aromatic N) is 4. The van der Waals surface area contributed by atoms with Gasteiger partial charge >= 0.3 is 6.18 Å². The highest BCUT2D eigenvalue weighted by Crippen LogP contribution is 2.50. The highest BCUT2D eigenvalue weighted by molar-refractivity contribution is 6.31. The third kappa shape index (κ3) is 5.22. The zero-order valence-corrected chi connectivity index (χ0v) is 25.0. The number of fused-ring (bicyclic) bond motifs is 2. The second-order valence-corrected chi connectivity index (χ2v) is 12.0. The molecule has 3 aliphatic heterocycles. The number of carbonyl (C=O) groups excluding carboxylic acids is 1. The predicted molar refractivity (Wildman–Crippen MR) is 160 cm³/mol. The van der Waals surface area contributed by atoms with E-state index in [1.807, 2.05) is 41.0 Å². The minimum atomic E-state index is -4.58. The number of amides is 1. The topological polar surface area (TPSA) is 70.6 Å². The number of anilines is 1. The Morgan fingerprint density at radius 3 is 2.72 bits per heavy atom. The number of rotatable bonds is 6. The van der Waals surface area contributed by atoms with Crippen molar-refractivity contribution in [2.24, 2.45) is 5.92 Å². The van der Waals surface area contributed by atoms with E-state index >= 15 is 0 Å². The molecule has 0 aliphatic carbocycles. The van der Waals surface area contributed by atoms with Gasteiger partial charge in [-0.2, -0.15) is 13.2 Å². The number of hydrogen-bond acceptors (Lipinski definition) is 6. The number of aromatic nitrogens is 2. The molecule has 5 heterocycles. The standard InChI is InChI=1S/C32H35ClF3N5O2/c1-3-20-18-40(26-9-5-8-24(33)27(26)32(34,35)36)16-13-31(20)19-41(21-12-15-37-17-21)30(42)28-23(31)10-11-25(39-28)22-7-6-14-38-29(22)43-4-2/h5-11,14,20-21,37H,3-4,12-13,15-19H2,1-2H3. The summed E-state index contributed by atoms with van der Waals surface area (Å²) in [5.41, 5.74) is 1.43. The fraction of sp³-hybridized carbons (Fsp3) is 0.469. The highest BCUT2D eigenvalue weighted by atomic mass is 35.5. The molecule has 2 saturated heterocycles. The van der Waals surface area contributed by atoms with Crippen molar-refractivity contribution in [1.82, 2.24) is 20.2 Å². The summed E-state index contributed by atoms with van der Waals surface area (Å²) < 4.78 is 48.1. The summed E-state index contributed by atoms with van der Waals surface area (Å²) in [5.74, 6) is 0.313. The number of piperidine rings is 1. The molecular formula is C32H35ClF3N5O2. The maximum Gasteiger partial charge on any atom is 0.419 e. The first kappa shape index (κ1) is 29.7. The smallest absolute Gasteiger partial charge is 0.419 e. The zero-order chi connectivity index (χ0) is 30.4. The maximum absolute atomic E-state index is 14.1. The van der Waals surface area contributed by atoms with E-state index in [2.05, 4.69) is 17.2 Å². The van der Waals surface area contributed by atoms with Crippen LogP contribution in [0, 0.1) is 5.92 Å². The van der Waals surface area contributed by atoms with Crippen molar-refractivity contribution >= 4 is 23.2 Å². The molecule has 1 spiro atoms. The fourth-order valence-electron chi connectivity index (χ4n) is 7.24. The Hall–Kier alpha value is -3.37. The van der Waals surface area contributed by atoms with Crippen molar-refractivity contribution in [3.8, 4) is 17.1 Å². The number of carbonyl (C=O) groups is 1. The molecule has 0 bridgehead atoms. The SMILES string of the molecule is CCOc1ncccc1-c1ccc2c(n1)C(=O)N(C1CCNC1)CC21CCN(c2cccc(Cl)c2C(F)(F)F)CC1CC. The van der Waals surface area contributed by atoms with Gasteiger partial charge in [0, 0.05) is 43.8 Å². The van der Waals surface area contributed by atoms with Crippen LogP contribution in [0.4, 0.5) is 18.9 Å². The van der Waals surface area contributed by atoms with Crippen molar-refractivity contribution in [2.75, 3.05) is 44.2 Å². The van der Waals surface area contributed by atoms with Crippen LogP contribution in [0.5, 0.6) is 5.88 Å². The molecule has 3 aliphatic rings. The van der Waals surface area contributed by atoms with E-state index in [-0.39, 0.29) is 28.6 Å². The largest absolute Gasteiger partial charge is 0.477 e. The molecule has 2 aromatic heterocycles. The Bertz CT molecular complexity index is 1510. The highest BCUT2D eigenvalue weighted by Gasteiger charge is 2.52. The van der Waals surface area contributed by atoms with E-state index in [9.17, 15) is 18.0 Å². The number of benzene rings is 1. The molecule has 3 unspecified atom stereocenters. The molecule has 3 atom stereocenters. The van der Waals surface area contributed by atoms with Gasteiger partial charge in [-0.3, -0.25) is 4.79 Å². The first-order valence-electron chi connectivity index (χ1n) is 14.9. The lowest BCUT2D eigenvalue weighted by atomic mass is 9.62. The minimum Gasteiger partial charge on any atom is -0.477 e. The lowest BCUT2D eigenvalue weighted by molar-refractivity contribution is -0.137. The Morgan fingerprint density at radius 2 is 2.00 bits per heavy atom. The molecule has 11 heteroatoms. The summed E-state index contributed by atoms with van der Waals surface area (Å²) >= 11 is 6.10. The Labute approximate surface area is 254 Å². The predicted octanol–water partition coefficient (Wildman–Crippen LogP) is 6.21. The molecule has 3 aromatic rings. The first-order chi connectivity index (χ1) is 20.7. The van der Waals surface area contributed by atoms with Crippen molar-refractivity contribution < 1.29 is 22.7 Å². The van der Waals surface area contributed by atoms with Crippen molar-refractivity contribution in [1.29, 1.82) is 0 Å². The van der Waals surface area contributed by atoms with Gasteiger partial charge in [0.15, 0.2) is 0 Å². The van der Waals surface area contributed by atoms with Crippen LogP contribution in [0.15, 0.2) is 48.7 Å². The number of pyridine rings is 2. The molecule has 1 N–H and O–H groups in total. The first-order valence-corrected chi connectivity index (χ1v) is 15.3. The number of ether oxygens (including phenoxy) is 1. The third-order valence-corrected chi connectivity index (χ3v) is 9.62. The molecule has 1 amide bonds. The van der Waals surface area contributed by atoms with E-state index in [4.69, 9.17) is 21.3 Å². The maximum atomic E-state index is 14.1. The summed E-state index contributed by atoms with van der Waals surface area (Å²) in [7, 11) is 0. The van der Waals surface area contributed by atoms with Crippen LogP contribution in [0.2, 0.25) is 5.02 Å². The number of nitrogens with one attached hydrogen (secondary N) is 1. The summed E-state index contributed by atoms with van der Waals surface area (Å²) in [4.78, 5) is 27.3. The quantitative estimate of drug-likeness (QED) is 0.357. The Balaban J connectivity index is 1.44. The van der Waals surface area contributed by atoms with Gasteiger partial charge in [0.05, 0.1) is 34.1 Å². The second-order valence-electron chi connectivity index (χ2n) is 11.6. The Kier molecular flexibility index (Phi) is 8.02. The fourth-order valence-corrected chi connectivity index (χ4v) is 7.51. The van der Waals surface area contributed by atoms with Gasteiger partial charge in [0.2, 0.25) is 5.88 Å². The molecule has 6 rings (SSSR count). The number of alkyl halides is 3. The van der Waals surface area contributed by atoms with Gasteiger partial charge in [0.1, 0.15) is 5.69 Å². The van der Waals surface area contributed by atoms with E-state index in [0.29, 0.717) is 62.0 Å². The zero-order valence-electron chi connectivity index (χ0n) is 24.3. The normalized spacial score (nSPS) is 24.0. The molecule has 0 radical (unpaired) electrons. The lowest BCUT2D eigenvalue weighted by Crippen LogP contribution is -2.61. The van der Waals surface area contributed by atoms with Gasteiger partial charge in [-0.1, -0.05) is 37.1 Å².